The number of aryl methyl sites for hydroxylation is 2. The van der Waals surface area contributed by atoms with Crippen LogP contribution in [0.5, 0.6) is 0 Å². The van der Waals surface area contributed by atoms with Gasteiger partial charge in [-0.15, -0.1) is 11.3 Å². The van der Waals surface area contributed by atoms with Crippen molar-refractivity contribution in [3.8, 4) is 0 Å². The molecule has 8 nitrogen and oxygen atoms in total. The molecule has 3 heterocycles. The lowest BCUT2D eigenvalue weighted by Crippen LogP contribution is -2.36. The summed E-state index contributed by atoms with van der Waals surface area (Å²) < 4.78 is 33.3. The number of nitrogens with two attached hydrogens (primary N) is 1. The summed E-state index contributed by atoms with van der Waals surface area (Å²) in [6.07, 6.45) is 8.18. The van der Waals surface area contributed by atoms with Crippen LogP contribution in [0.1, 0.15) is 65.1 Å². The summed E-state index contributed by atoms with van der Waals surface area (Å²) in [5, 5.41) is 0.926. The molecule has 10 heteroatoms. The van der Waals surface area contributed by atoms with Crippen LogP contribution in [0.15, 0.2) is 29.2 Å². The van der Waals surface area contributed by atoms with Crippen molar-refractivity contribution in [2.45, 2.75) is 62.9 Å². The molecule has 2 aliphatic rings. The zero-order valence-corrected chi connectivity index (χ0v) is 20.6. The fourth-order valence-corrected chi connectivity index (χ4v) is 7.77. The number of ether oxygens (including phenoxy) is 1. The molecule has 1 aliphatic heterocycles. The van der Waals surface area contributed by atoms with Gasteiger partial charge in [0.05, 0.1) is 15.8 Å². The van der Waals surface area contributed by atoms with Gasteiger partial charge in [0.25, 0.3) is 0 Å². The normalized spacial score (nSPS) is 17.3. The van der Waals surface area contributed by atoms with E-state index < -0.39 is 16.0 Å². The average Bonchev–Trinajstić information content (AvgIpc) is 3.04. The molecule has 0 radical (unpaired) electrons. The number of anilines is 1. The Morgan fingerprint density at radius 1 is 1.03 bits per heavy atom. The number of piperidine rings is 1. The van der Waals surface area contributed by atoms with E-state index in [4.69, 9.17) is 10.5 Å². The number of carbonyl (C=O) groups excluding carboxylic acids is 1. The lowest BCUT2D eigenvalue weighted by atomic mass is 10.1. The molecule has 2 aromatic heterocycles. The third-order valence-electron chi connectivity index (χ3n) is 6.51. The summed E-state index contributed by atoms with van der Waals surface area (Å²) in [6.45, 7) is 0.743. The lowest BCUT2D eigenvalue weighted by molar-refractivity contribution is 0.0458. The second kappa shape index (κ2) is 9.59. The largest absolute Gasteiger partial charge is 0.454 e. The molecule has 34 heavy (non-hydrogen) atoms. The van der Waals surface area contributed by atoms with Gasteiger partial charge in [-0.3, -0.25) is 0 Å². The fraction of sp³-hybridized carbons (Fsp3) is 0.458. The summed E-state index contributed by atoms with van der Waals surface area (Å²) in [5.74, 6) is -0.00457. The topological polar surface area (TPSA) is 115 Å². The van der Waals surface area contributed by atoms with Gasteiger partial charge in [0.2, 0.25) is 10.0 Å². The van der Waals surface area contributed by atoms with E-state index in [2.05, 4.69) is 9.97 Å². The minimum absolute atomic E-state index is 0.0185. The van der Waals surface area contributed by atoms with Gasteiger partial charge in [-0.1, -0.05) is 25.0 Å². The van der Waals surface area contributed by atoms with Gasteiger partial charge in [-0.25, -0.2) is 23.2 Å². The molecule has 2 N–H and O–H groups in total. The molecule has 0 unspecified atom stereocenters. The Morgan fingerprint density at radius 3 is 2.59 bits per heavy atom. The van der Waals surface area contributed by atoms with Crippen molar-refractivity contribution in [3.05, 3.63) is 46.1 Å². The van der Waals surface area contributed by atoms with E-state index in [1.165, 1.54) is 33.3 Å². The lowest BCUT2D eigenvalue weighted by Gasteiger charge is -2.26. The predicted molar refractivity (Wildman–Crippen MR) is 131 cm³/mol. The molecule has 0 amide bonds. The quantitative estimate of drug-likeness (QED) is 0.415. The van der Waals surface area contributed by atoms with Gasteiger partial charge >= 0.3 is 5.97 Å². The van der Waals surface area contributed by atoms with Crippen LogP contribution in [-0.4, -0.2) is 41.7 Å². The first-order chi connectivity index (χ1) is 16.4. The maximum atomic E-state index is 13.2. The number of thiophene rings is 1. The van der Waals surface area contributed by atoms with Gasteiger partial charge in [-0.2, -0.15) is 4.31 Å². The standard InChI is InChI=1S/C24H28N4O4S2/c25-22-21-16-9-3-1-4-11-18(16)33-23(21)27-20(26-22)15-32-24(29)17-10-5-6-12-19(17)34(30,31)28-13-7-2-8-14-28/h5-6,10,12H,1-4,7-9,11,13-15H2,(H2,25,26,27). The number of fused-ring (bicyclic) bond motifs is 3. The number of aromatic nitrogens is 2. The third-order valence-corrected chi connectivity index (χ3v) is 9.65. The van der Waals surface area contributed by atoms with Crippen LogP contribution in [0.25, 0.3) is 10.2 Å². The average molecular weight is 501 g/mol. The van der Waals surface area contributed by atoms with E-state index >= 15 is 0 Å². The summed E-state index contributed by atoms with van der Waals surface area (Å²) in [6, 6.07) is 6.19. The number of esters is 1. The Hall–Kier alpha value is -2.56. The van der Waals surface area contributed by atoms with E-state index in [0.29, 0.717) is 24.7 Å². The Labute approximate surface area is 203 Å². The predicted octanol–water partition coefficient (Wildman–Crippen LogP) is 4.07. The number of nitrogen functional groups attached to an aromatic ring is 1. The number of hydrogen-bond acceptors (Lipinski definition) is 8. The SMILES string of the molecule is Nc1nc(COC(=O)c2ccccc2S(=O)(=O)N2CCCCC2)nc2sc3c(c12)CCCCC3. The van der Waals surface area contributed by atoms with Crippen LogP contribution >= 0.6 is 11.3 Å². The van der Waals surface area contributed by atoms with Crippen molar-refractivity contribution >= 4 is 43.4 Å². The first-order valence-corrected chi connectivity index (χ1v) is 14.0. The van der Waals surface area contributed by atoms with Gasteiger partial charge in [-0.05, 0) is 56.2 Å². The Balaban J connectivity index is 1.37. The Kier molecular flexibility index (Phi) is 6.54. The summed E-state index contributed by atoms with van der Waals surface area (Å²) in [4.78, 5) is 24.0. The zero-order valence-electron chi connectivity index (χ0n) is 19.0. The molecule has 3 aromatic rings. The van der Waals surface area contributed by atoms with Crippen molar-refractivity contribution in [2.24, 2.45) is 0 Å². The first kappa shape index (κ1) is 23.2. The molecule has 1 saturated heterocycles. The summed E-state index contributed by atoms with van der Waals surface area (Å²) in [7, 11) is -3.78. The maximum Gasteiger partial charge on any atom is 0.339 e. The first-order valence-electron chi connectivity index (χ1n) is 11.8. The molecule has 0 spiro atoms. The molecule has 5 rings (SSSR count). The van der Waals surface area contributed by atoms with Crippen molar-refractivity contribution in [3.63, 3.8) is 0 Å². The van der Waals surface area contributed by atoms with Crippen LogP contribution in [-0.2, 0) is 34.2 Å². The summed E-state index contributed by atoms with van der Waals surface area (Å²) >= 11 is 1.64. The Bertz CT molecular complexity index is 1330. The van der Waals surface area contributed by atoms with Crippen LogP contribution in [0, 0.1) is 0 Å². The van der Waals surface area contributed by atoms with E-state index in [1.807, 2.05) is 0 Å². The third kappa shape index (κ3) is 4.42. The molecule has 1 fully saturated rings. The van der Waals surface area contributed by atoms with Crippen molar-refractivity contribution < 1.29 is 17.9 Å². The van der Waals surface area contributed by atoms with Crippen LogP contribution < -0.4 is 5.73 Å². The molecular weight excluding hydrogens is 472 g/mol. The molecule has 0 bridgehead atoms. The fourth-order valence-electron chi connectivity index (χ4n) is 4.79. The van der Waals surface area contributed by atoms with E-state index in [0.717, 1.165) is 55.2 Å². The van der Waals surface area contributed by atoms with E-state index in [1.54, 1.807) is 23.5 Å². The minimum Gasteiger partial charge on any atom is -0.454 e. The Morgan fingerprint density at radius 2 is 1.76 bits per heavy atom. The highest BCUT2D eigenvalue weighted by Crippen LogP contribution is 2.37. The van der Waals surface area contributed by atoms with Gasteiger partial charge in [0, 0.05) is 18.0 Å². The van der Waals surface area contributed by atoms with E-state index in [9.17, 15) is 13.2 Å². The van der Waals surface area contributed by atoms with Crippen LogP contribution in [0.3, 0.4) is 0 Å². The number of benzene rings is 1. The van der Waals surface area contributed by atoms with Gasteiger partial charge < -0.3 is 10.5 Å². The second-order valence-corrected chi connectivity index (χ2v) is 11.8. The number of sulfonamides is 1. The molecular formula is C24H28N4O4S2. The number of rotatable bonds is 5. The van der Waals surface area contributed by atoms with Crippen LogP contribution in [0.2, 0.25) is 0 Å². The smallest absolute Gasteiger partial charge is 0.339 e. The van der Waals surface area contributed by atoms with Crippen molar-refractivity contribution in [1.29, 1.82) is 0 Å². The van der Waals surface area contributed by atoms with E-state index in [-0.39, 0.29) is 17.1 Å². The number of nitrogens with zero attached hydrogens (tertiary/aromatic N) is 3. The van der Waals surface area contributed by atoms with Gasteiger partial charge in [0.15, 0.2) is 12.4 Å². The number of carbonyl (C=O) groups is 1. The minimum atomic E-state index is -3.78. The number of hydrogen-bond donors (Lipinski definition) is 1. The molecule has 0 atom stereocenters. The molecule has 180 valence electrons. The highest BCUT2D eigenvalue weighted by molar-refractivity contribution is 7.89. The van der Waals surface area contributed by atoms with Crippen LogP contribution in [0.4, 0.5) is 5.82 Å². The van der Waals surface area contributed by atoms with Crippen molar-refractivity contribution in [1.82, 2.24) is 14.3 Å². The van der Waals surface area contributed by atoms with Crippen molar-refractivity contribution in [2.75, 3.05) is 18.8 Å². The second-order valence-electron chi connectivity index (χ2n) is 8.81. The molecule has 1 aliphatic carbocycles. The highest BCUT2D eigenvalue weighted by Gasteiger charge is 2.30. The zero-order chi connectivity index (χ0) is 23.7. The molecule has 0 saturated carbocycles. The van der Waals surface area contributed by atoms with Gasteiger partial charge in [0.1, 0.15) is 10.6 Å². The maximum absolute atomic E-state index is 13.2. The summed E-state index contributed by atoms with van der Waals surface area (Å²) in [5.41, 5.74) is 7.57. The highest BCUT2D eigenvalue weighted by atomic mass is 32.2. The molecule has 1 aromatic carbocycles. The monoisotopic (exact) mass is 500 g/mol.